The lowest BCUT2D eigenvalue weighted by Gasteiger charge is -2.26. The smallest absolute Gasteiger partial charge is 0.416 e. The lowest BCUT2D eigenvalue weighted by atomic mass is 9.86. The SMILES string of the molecule is CN(C)c1c(CC(=O)[C@H]2CCOc3ccccc32)cnc2c(-c3cc(Cl)cc(C(F)(F)F)c3)cccc12. The number of Topliss-reactive ketones (excluding diaryl/α,β-unsaturated/α-hetero) is 1. The Labute approximate surface area is 217 Å². The van der Waals surface area contributed by atoms with Gasteiger partial charge in [-0.15, -0.1) is 0 Å². The number of nitrogens with zero attached hydrogens (tertiary/aromatic N) is 2. The highest BCUT2D eigenvalue weighted by Gasteiger charge is 2.32. The summed E-state index contributed by atoms with van der Waals surface area (Å²) in [5.41, 5.74) is 3.02. The molecule has 0 saturated carbocycles. The van der Waals surface area contributed by atoms with Crippen molar-refractivity contribution in [1.29, 1.82) is 0 Å². The molecule has 0 bridgehead atoms. The summed E-state index contributed by atoms with van der Waals surface area (Å²) < 4.78 is 46.1. The molecule has 2 heterocycles. The van der Waals surface area contributed by atoms with Crippen molar-refractivity contribution in [1.82, 2.24) is 4.98 Å². The topological polar surface area (TPSA) is 42.4 Å². The number of halogens is 4. The van der Waals surface area contributed by atoms with Gasteiger partial charge in [0.15, 0.2) is 0 Å². The van der Waals surface area contributed by atoms with Gasteiger partial charge in [0.05, 0.1) is 23.4 Å². The Kier molecular flexibility index (Phi) is 6.58. The van der Waals surface area contributed by atoms with Crippen molar-refractivity contribution in [3.05, 3.63) is 88.6 Å². The number of anilines is 1. The highest BCUT2D eigenvalue weighted by molar-refractivity contribution is 6.31. The first-order valence-electron chi connectivity index (χ1n) is 11.8. The maximum atomic E-state index is 13.5. The first-order chi connectivity index (χ1) is 17.6. The van der Waals surface area contributed by atoms with Gasteiger partial charge in [-0.3, -0.25) is 9.78 Å². The van der Waals surface area contributed by atoms with Crippen LogP contribution in [0.15, 0.2) is 66.9 Å². The lowest BCUT2D eigenvalue weighted by molar-refractivity contribution is -0.137. The van der Waals surface area contributed by atoms with E-state index in [-0.39, 0.29) is 23.1 Å². The van der Waals surface area contributed by atoms with E-state index in [4.69, 9.17) is 16.3 Å². The normalized spacial score (nSPS) is 15.2. The Morgan fingerprint density at radius 2 is 1.89 bits per heavy atom. The number of hydrogen-bond donors (Lipinski definition) is 0. The molecule has 5 rings (SSSR count). The molecule has 1 aromatic heterocycles. The van der Waals surface area contributed by atoms with Gasteiger partial charge in [0.25, 0.3) is 0 Å². The fourth-order valence-electron chi connectivity index (χ4n) is 5.04. The largest absolute Gasteiger partial charge is 0.493 e. The van der Waals surface area contributed by atoms with Crippen LogP contribution in [0.3, 0.4) is 0 Å². The summed E-state index contributed by atoms with van der Waals surface area (Å²) in [6, 6.07) is 16.5. The van der Waals surface area contributed by atoms with E-state index in [0.717, 1.165) is 40.1 Å². The molecule has 0 fully saturated rings. The van der Waals surface area contributed by atoms with Crippen molar-refractivity contribution < 1.29 is 22.7 Å². The van der Waals surface area contributed by atoms with Crippen molar-refractivity contribution in [2.75, 3.05) is 25.6 Å². The Morgan fingerprint density at radius 3 is 2.65 bits per heavy atom. The zero-order valence-corrected chi connectivity index (χ0v) is 21.0. The van der Waals surface area contributed by atoms with E-state index < -0.39 is 11.7 Å². The van der Waals surface area contributed by atoms with E-state index in [1.165, 1.54) is 6.07 Å². The van der Waals surface area contributed by atoms with Crippen molar-refractivity contribution in [3.8, 4) is 16.9 Å². The second-order valence-electron chi connectivity index (χ2n) is 9.33. The minimum atomic E-state index is -4.53. The van der Waals surface area contributed by atoms with Crippen molar-refractivity contribution >= 4 is 34.0 Å². The maximum Gasteiger partial charge on any atom is 0.416 e. The van der Waals surface area contributed by atoms with Crippen LogP contribution in [0.1, 0.15) is 29.0 Å². The number of ether oxygens (including phenoxy) is 1. The van der Waals surface area contributed by atoms with E-state index in [0.29, 0.717) is 29.7 Å². The molecule has 0 unspecified atom stereocenters. The number of carbonyl (C=O) groups is 1. The molecule has 190 valence electrons. The number of alkyl halides is 3. The molecule has 1 aliphatic heterocycles. The average molecular weight is 525 g/mol. The number of pyridine rings is 1. The van der Waals surface area contributed by atoms with Crippen LogP contribution >= 0.6 is 11.6 Å². The van der Waals surface area contributed by atoms with E-state index >= 15 is 0 Å². The van der Waals surface area contributed by atoms with Gasteiger partial charge in [-0.25, -0.2) is 0 Å². The number of ketones is 1. The molecule has 0 radical (unpaired) electrons. The molecule has 0 saturated heterocycles. The predicted molar refractivity (Wildman–Crippen MR) is 140 cm³/mol. The summed E-state index contributed by atoms with van der Waals surface area (Å²) in [5.74, 6) is 0.538. The molecule has 3 aromatic carbocycles. The molecule has 8 heteroatoms. The molecule has 0 amide bonds. The van der Waals surface area contributed by atoms with E-state index in [1.54, 1.807) is 18.3 Å². The quantitative estimate of drug-likeness (QED) is 0.274. The van der Waals surface area contributed by atoms with Gasteiger partial charge in [-0.2, -0.15) is 13.2 Å². The molecule has 1 aliphatic rings. The third-order valence-electron chi connectivity index (χ3n) is 6.64. The summed E-state index contributed by atoms with van der Waals surface area (Å²) in [6.07, 6.45) is -2.09. The third-order valence-corrected chi connectivity index (χ3v) is 6.86. The maximum absolute atomic E-state index is 13.5. The Morgan fingerprint density at radius 1 is 1.11 bits per heavy atom. The number of benzene rings is 3. The van der Waals surface area contributed by atoms with Crippen LogP contribution in [0.25, 0.3) is 22.0 Å². The van der Waals surface area contributed by atoms with Crippen LogP contribution in [-0.4, -0.2) is 31.5 Å². The van der Waals surface area contributed by atoms with Crippen LogP contribution in [0.5, 0.6) is 5.75 Å². The summed E-state index contributed by atoms with van der Waals surface area (Å²) in [5, 5.41) is 0.738. The molecule has 0 N–H and O–H groups in total. The van der Waals surface area contributed by atoms with Crippen molar-refractivity contribution in [2.45, 2.75) is 24.9 Å². The fraction of sp³-hybridized carbons (Fsp3) is 0.241. The van der Waals surface area contributed by atoms with E-state index in [1.807, 2.05) is 49.3 Å². The molecule has 0 spiro atoms. The van der Waals surface area contributed by atoms with Gasteiger partial charge in [-0.05, 0) is 36.2 Å². The lowest BCUT2D eigenvalue weighted by Crippen LogP contribution is -2.23. The monoisotopic (exact) mass is 524 g/mol. The minimum absolute atomic E-state index is 0.00591. The molecular formula is C29H24ClF3N2O2. The Hall–Kier alpha value is -3.58. The number of fused-ring (bicyclic) bond motifs is 2. The van der Waals surface area contributed by atoms with Gasteiger partial charge >= 0.3 is 6.18 Å². The second-order valence-corrected chi connectivity index (χ2v) is 9.76. The number of carbonyl (C=O) groups excluding carboxylic acids is 1. The van der Waals surface area contributed by atoms with Crippen molar-refractivity contribution in [3.63, 3.8) is 0 Å². The Bertz CT molecular complexity index is 1500. The van der Waals surface area contributed by atoms with Crippen molar-refractivity contribution in [2.24, 2.45) is 0 Å². The summed E-state index contributed by atoms with van der Waals surface area (Å²) in [7, 11) is 3.75. The van der Waals surface area contributed by atoms with E-state index in [9.17, 15) is 18.0 Å². The first kappa shape index (κ1) is 25.1. The minimum Gasteiger partial charge on any atom is -0.493 e. The first-order valence-corrected chi connectivity index (χ1v) is 12.2. The zero-order chi connectivity index (χ0) is 26.3. The standard InChI is InChI=1S/C29H24ClF3N2O2/c1-35(2)28-18(14-25(36)22-10-11-37-26-9-4-3-6-23(22)26)16-34-27-21(7-5-8-24(27)28)17-12-19(29(31,32)33)15-20(30)13-17/h3-9,12-13,15-16,22H,10-11,14H2,1-2H3/t22-/m0/s1. The Balaban J connectivity index is 1.57. The molecule has 4 nitrogen and oxygen atoms in total. The molecule has 37 heavy (non-hydrogen) atoms. The molecule has 0 aliphatic carbocycles. The second kappa shape index (κ2) is 9.71. The van der Waals surface area contributed by atoms with Gasteiger partial charge in [0, 0.05) is 59.7 Å². The molecular weight excluding hydrogens is 501 g/mol. The van der Waals surface area contributed by atoms with Gasteiger partial charge < -0.3 is 9.64 Å². The van der Waals surface area contributed by atoms with Crippen LogP contribution in [0.4, 0.5) is 18.9 Å². The number of para-hydroxylation sites is 2. The summed E-state index contributed by atoms with van der Waals surface area (Å²) in [6.45, 7) is 0.479. The number of hydrogen-bond acceptors (Lipinski definition) is 4. The van der Waals surface area contributed by atoms with Crippen LogP contribution in [0, 0.1) is 0 Å². The van der Waals surface area contributed by atoms with E-state index in [2.05, 4.69) is 4.98 Å². The van der Waals surface area contributed by atoms with Crippen LogP contribution in [0.2, 0.25) is 5.02 Å². The molecule has 1 atom stereocenters. The van der Waals surface area contributed by atoms with Crippen LogP contribution < -0.4 is 9.64 Å². The number of rotatable bonds is 5. The highest BCUT2D eigenvalue weighted by atomic mass is 35.5. The van der Waals surface area contributed by atoms with Gasteiger partial charge in [0.2, 0.25) is 0 Å². The zero-order valence-electron chi connectivity index (χ0n) is 20.3. The third kappa shape index (κ3) is 4.88. The number of aromatic nitrogens is 1. The van der Waals surface area contributed by atoms with Gasteiger partial charge in [-0.1, -0.05) is 48.0 Å². The molecule has 4 aromatic rings. The highest BCUT2D eigenvalue weighted by Crippen LogP contribution is 2.40. The summed E-state index contributed by atoms with van der Waals surface area (Å²) in [4.78, 5) is 20.0. The fourth-order valence-corrected chi connectivity index (χ4v) is 5.27. The van der Waals surface area contributed by atoms with Gasteiger partial charge in [0.1, 0.15) is 11.5 Å². The average Bonchev–Trinajstić information content (AvgIpc) is 2.86. The van der Waals surface area contributed by atoms with Crippen LogP contribution in [-0.2, 0) is 17.4 Å². The summed E-state index contributed by atoms with van der Waals surface area (Å²) >= 11 is 6.06. The predicted octanol–water partition coefficient (Wildman–Crippen LogP) is 7.32.